The van der Waals surface area contributed by atoms with Gasteiger partial charge in [-0.1, -0.05) is 19.1 Å². The van der Waals surface area contributed by atoms with E-state index in [0.717, 1.165) is 64.5 Å². The minimum Gasteiger partial charge on any atom is -0.345 e. The molecule has 2 heterocycles. The Hall–Kier alpha value is -1.95. The highest BCUT2D eigenvalue weighted by atomic mass is 16.2. The first-order valence-corrected chi connectivity index (χ1v) is 9.34. The van der Waals surface area contributed by atoms with Gasteiger partial charge < -0.3 is 9.80 Å². The molecule has 0 aliphatic carbocycles. The molecule has 0 spiro atoms. The lowest BCUT2D eigenvalue weighted by Gasteiger charge is -2.34. The lowest BCUT2D eigenvalue weighted by molar-refractivity contribution is -0.129. The van der Waals surface area contributed by atoms with Gasteiger partial charge in [0.05, 0.1) is 0 Å². The molecular formula is C19H31N5O. The van der Waals surface area contributed by atoms with Gasteiger partial charge in [-0.2, -0.15) is 0 Å². The summed E-state index contributed by atoms with van der Waals surface area (Å²) in [6, 6.07) is 1.85. The zero-order valence-corrected chi connectivity index (χ0v) is 15.6. The van der Waals surface area contributed by atoms with Crippen molar-refractivity contribution in [1.82, 2.24) is 19.8 Å². The van der Waals surface area contributed by atoms with Gasteiger partial charge in [0.25, 0.3) is 0 Å². The Balaban J connectivity index is 1.57. The summed E-state index contributed by atoms with van der Waals surface area (Å²) in [7, 11) is 1.90. The minimum absolute atomic E-state index is 0.209. The van der Waals surface area contributed by atoms with Gasteiger partial charge in [-0.25, -0.2) is 9.97 Å². The maximum atomic E-state index is 11.9. The number of carbonyl (C=O) groups is 1. The van der Waals surface area contributed by atoms with Crippen molar-refractivity contribution in [3.05, 3.63) is 30.6 Å². The highest BCUT2D eigenvalue weighted by Gasteiger charge is 2.18. The van der Waals surface area contributed by atoms with E-state index in [1.54, 1.807) is 12.4 Å². The lowest BCUT2D eigenvalue weighted by Crippen LogP contribution is -2.47. The normalized spacial score (nSPS) is 15.7. The molecule has 0 aromatic carbocycles. The molecule has 1 aromatic heterocycles. The summed E-state index contributed by atoms with van der Waals surface area (Å²) in [5, 5.41) is 0. The van der Waals surface area contributed by atoms with Crippen molar-refractivity contribution >= 4 is 11.9 Å². The third kappa shape index (κ3) is 6.82. The van der Waals surface area contributed by atoms with Gasteiger partial charge >= 0.3 is 0 Å². The van der Waals surface area contributed by atoms with Gasteiger partial charge in [0.15, 0.2) is 0 Å². The molecule has 0 unspecified atom stereocenters. The number of aromatic nitrogens is 2. The Morgan fingerprint density at radius 3 is 2.56 bits per heavy atom. The van der Waals surface area contributed by atoms with Crippen LogP contribution in [0.25, 0.3) is 0 Å². The van der Waals surface area contributed by atoms with E-state index in [2.05, 4.69) is 26.7 Å². The van der Waals surface area contributed by atoms with Gasteiger partial charge in [-0.3, -0.25) is 9.69 Å². The molecule has 1 amide bonds. The number of carbonyl (C=O) groups excluding carboxylic acids is 1. The van der Waals surface area contributed by atoms with Crippen LogP contribution in [0.3, 0.4) is 0 Å². The van der Waals surface area contributed by atoms with Crippen LogP contribution < -0.4 is 4.90 Å². The Kier molecular flexibility index (Phi) is 8.39. The van der Waals surface area contributed by atoms with Crippen molar-refractivity contribution < 1.29 is 4.79 Å². The molecule has 6 nitrogen and oxygen atoms in total. The average molecular weight is 345 g/mol. The van der Waals surface area contributed by atoms with Crippen LogP contribution in [0.1, 0.15) is 32.6 Å². The quantitative estimate of drug-likeness (QED) is 0.507. The first-order valence-electron chi connectivity index (χ1n) is 9.34. The van der Waals surface area contributed by atoms with Crippen molar-refractivity contribution in [2.75, 3.05) is 51.2 Å². The monoisotopic (exact) mass is 345 g/mol. The summed E-state index contributed by atoms with van der Waals surface area (Å²) in [4.78, 5) is 27.2. The predicted molar refractivity (Wildman–Crippen MR) is 102 cm³/mol. The van der Waals surface area contributed by atoms with E-state index in [9.17, 15) is 4.79 Å². The summed E-state index contributed by atoms with van der Waals surface area (Å²) < 4.78 is 0. The van der Waals surface area contributed by atoms with Crippen LogP contribution in [-0.4, -0.2) is 72.0 Å². The van der Waals surface area contributed by atoms with Gasteiger partial charge in [0, 0.05) is 58.6 Å². The van der Waals surface area contributed by atoms with Crippen LogP contribution in [0.15, 0.2) is 30.6 Å². The molecule has 1 aliphatic rings. The number of anilines is 1. The largest absolute Gasteiger partial charge is 0.345 e. The number of hydrogen-bond donors (Lipinski definition) is 0. The number of hydrogen-bond acceptors (Lipinski definition) is 5. The topological polar surface area (TPSA) is 52.6 Å². The van der Waals surface area contributed by atoms with Crippen LogP contribution in [-0.2, 0) is 4.79 Å². The molecule has 0 saturated carbocycles. The molecule has 0 atom stereocenters. The molecule has 6 heteroatoms. The Morgan fingerprint density at radius 1 is 1.16 bits per heavy atom. The second kappa shape index (κ2) is 10.8. The standard InChI is InChI=1S/C19H31N5O/c1-3-4-5-9-18(25)22(2)12-6-7-13-23-14-16-24(17-15-23)19-20-10-8-11-21-19/h4-5,8,10-11H,3,6-7,9,12-17H2,1-2H3/b5-4+. The molecule has 1 saturated heterocycles. The number of nitrogens with zero attached hydrogens (tertiary/aromatic N) is 5. The van der Waals surface area contributed by atoms with Crippen LogP contribution in [0.5, 0.6) is 0 Å². The summed E-state index contributed by atoms with van der Waals surface area (Å²) in [6.45, 7) is 8.08. The van der Waals surface area contributed by atoms with Gasteiger partial charge in [0.1, 0.15) is 0 Å². The van der Waals surface area contributed by atoms with Crippen LogP contribution >= 0.6 is 0 Å². The third-order valence-electron chi connectivity index (χ3n) is 4.55. The third-order valence-corrected chi connectivity index (χ3v) is 4.55. The fourth-order valence-electron chi connectivity index (χ4n) is 2.94. The van der Waals surface area contributed by atoms with E-state index in [1.165, 1.54) is 0 Å². The highest BCUT2D eigenvalue weighted by molar-refractivity contribution is 5.77. The van der Waals surface area contributed by atoms with E-state index in [-0.39, 0.29) is 5.91 Å². The van der Waals surface area contributed by atoms with Crippen molar-refractivity contribution in [2.24, 2.45) is 0 Å². The fraction of sp³-hybridized carbons (Fsp3) is 0.632. The van der Waals surface area contributed by atoms with Gasteiger partial charge in [-0.05, 0) is 31.9 Å². The lowest BCUT2D eigenvalue weighted by atomic mass is 10.2. The Bertz CT molecular complexity index is 526. The number of unbranched alkanes of at least 4 members (excludes halogenated alkanes) is 1. The number of rotatable bonds is 9. The van der Waals surface area contributed by atoms with E-state index in [1.807, 2.05) is 30.2 Å². The fourth-order valence-corrected chi connectivity index (χ4v) is 2.94. The SMILES string of the molecule is CC/C=C/CC(=O)N(C)CCCCN1CCN(c2ncccn2)CC1. The molecule has 1 fully saturated rings. The zero-order valence-electron chi connectivity index (χ0n) is 15.6. The second-order valence-corrected chi connectivity index (χ2v) is 6.48. The Labute approximate surface area is 151 Å². The summed E-state index contributed by atoms with van der Waals surface area (Å²) in [6.07, 6.45) is 11.3. The minimum atomic E-state index is 0.209. The van der Waals surface area contributed by atoms with Crippen LogP contribution in [0.2, 0.25) is 0 Å². The van der Waals surface area contributed by atoms with Crippen molar-refractivity contribution in [3.8, 4) is 0 Å². The van der Waals surface area contributed by atoms with Crippen LogP contribution in [0.4, 0.5) is 5.95 Å². The molecule has 2 rings (SSSR count). The first kappa shape index (κ1) is 19.4. The molecule has 0 radical (unpaired) electrons. The zero-order chi connectivity index (χ0) is 17.9. The van der Waals surface area contributed by atoms with Gasteiger partial charge in [0.2, 0.25) is 11.9 Å². The number of piperazine rings is 1. The van der Waals surface area contributed by atoms with E-state index < -0.39 is 0 Å². The van der Waals surface area contributed by atoms with E-state index in [0.29, 0.717) is 6.42 Å². The van der Waals surface area contributed by atoms with Crippen molar-refractivity contribution in [1.29, 1.82) is 0 Å². The first-order chi connectivity index (χ1) is 12.2. The van der Waals surface area contributed by atoms with Gasteiger partial charge in [-0.15, -0.1) is 0 Å². The van der Waals surface area contributed by atoms with E-state index in [4.69, 9.17) is 0 Å². The molecule has 25 heavy (non-hydrogen) atoms. The molecular weight excluding hydrogens is 314 g/mol. The molecule has 0 N–H and O–H groups in total. The van der Waals surface area contributed by atoms with Crippen LogP contribution in [0, 0.1) is 0 Å². The molecule has 0 bridgehead atoms. The molecule has 1 aliphatic heterocycles. The predicted octanol–water partition coefficient (Wildman–Crippen LogP) is 2.19. The maximum absolute atomic E-state index is 11.9. The van der Waals surface area contributed by atoms with Crippen molar-refractivity contribution in [2.45, 2.75) is 32.6 Å². The summed E-state index contributed by atoms with van der Waals surface area (Å²) in [5.74, 6) is 1.04. The highest BCUT2D eigenvalue weighted by Crippen LogP contribution is 2.10. The van der Waals surface area contributed by atoms with Crippen molar-refractivity contribution in [3.63, 3.8) is 0 Å². The molecule has 138 valence electrons. The average Bonchev–Trinajstić information content (AvgIpc) is 2.66. The number of amides is 1. The summed E-state index contributed by atoms with van der Waals surface area (Å²) in [5.41, 5.74) is 0. The Morgan fingerprint density at radius 2 is 1.88 bits per heavy atom. The second-order valence-electron chi connectivity index (χ2n) is 6.48. The smallest absolute Gasteiger partial charge is 0.226 e. The van der Waals surface area contributed by atoms with E-state index >= 15 is 0 Å². The summed E-state index contributed by atoms with van der Waals surface area (Å²) >= 11 is 0. The number of allylic oxidation sites excluding steroid dienone is 1. The molecule has 1 aromatic rings. The maximum Gasteiger partial charge on any atom is 0.226 e.